The van der Waals surface area contributed by atoms with Crippen molar-refractivity contribution < 1.29 is 28.6 Å². The van der Waals surface area contributed by atoms with Crippen molar-refractivity contribution in [2.45, 2.75) is 26.5 Å². The Balaban J connectivity index is 1.93. The van der Waals surface area contributed by atoms with Gasteiger partial charge in [-0.2, -0.15) is 0 Å². The molecule has 7 heteroatoms. The summed E-state index contributed by atoms with van der Waals surface area (Å²) in [5.41, 5.74) is 4.99. The molecule has 38 heavy (non-hydrogen) atoms. The molecule has 194 valence electrons. The number of benzene rings is 3. The topological polar surface area (TPSA) is 83.8 Å². The van der Waals surface area contributed by atoms with Crippen molar-refractivity contribution in [1.82, 2.24) is 4.57 Å². The van der Waals surface area contributed by atoms with E-state index in [0.29, 0.717) is 11.3 Å². The van der Waals surface area contributed by atoms with Gasteiger partial charge in [0.1, 0.15) is 5.69 Å². The Bertz CT molecular complexity index is 1440. The van der Waals surface area contributed by atoms with Gasteiger partial charge >= 0.3 is 17.9 Å². The maximum atomic E-state index is 13.2. The normalized spacial score (nSPS) is 11.5. The number of hydrogen-bond acceptors (Lipinski definition) is 6. The van der Waals surface area contributed by atoms with E-state index in [1.165, 1.54) is 14.2 Å². The zero-order chi connectivity index (χ0) is 27.2. The Labute approximate surface area is 221 Å². The first-order valence-corrected chi connectivity index (χ1v) is 12.1. The van der Waals surface area contributed by atoms with Crippen LogP contribution < -0.4 is 0 Å². The summed E-state index contributed by atoms with van der Waals surface area (Å²) >= 11 is 0. The Morgan fingerprint density at radius 1 is 0.763 bits per heavy atom. The molecule has 1 unspecified atom stereocenters. The molecule has 4 aromatic rings. The average molecular weight is 512 g/mol. The molecule has 0 saturated heterocycles. The first-order chi connectivity index (χ1) is 18.3. The Morgan fingerprint density at radius 3 is 1.95 bits per heavy atom. The average Bonchev–Trinajstić information content (AvgIpc) is 3.30. The van der Waals surface area contributed by atoms with E-state index < -0.39 is 24.0 Å². The monoisotopic (exact) mass is 511 g/mol. The molecule has 0 aliphatic heterocycles. The molecule has 0 aliphatic carbocycles. The summed E-state index contributed by atoms with van der Waals surface area (Å²) in [6.07, 6.45) is -1.45. The number of carbonyl (C=O) groups is 3. The molecule has 0 saturated carbocycles. The van der Waals surface area contributed by atoms with E-state index in [1.807, 2.05) is 68.4 Å². The maximum Gasteiger partial charge on any atom is 0.354 e. The number of nitrogens with zero attached hydrogens (tertiary/aromatic N) is 1. The second-order valence-electron chi connectivity index (χ2n) is 8.93. The standard InChI is InChI=1S/C31H29NO6/c1-20-10-14-23(15-11-20)25-18-26(30(34)36-3)32(19-22-8-6-5-7-9-22)27(25)28(31(35)37-4)38-29(33)24-16-12-21(2)13-17-24/h5-18,28H,19H2,1-4H3. The zero-order valence-electron chi connectivity index (χ0n) is 21.8. The number of aryl methyl sites for hydroxylation is 2. The van der Waals surface area contributed by atoms with Crippen LogP contribution in [-0.2, 0) is 25.5 Å². The summed E-state index contributed by atoms with van der Waals surface area (Å²) in [5.74, 6) is -2.06. The summed E-state index contributed by atoms with van der Waals surface area (Å²) in [4.78, 5) is 39.3. The van der Waals surface area contributed by atoms with Crippen LogP contribution in [0.1, 0.15) is 49.3 Å². The maximum absolute atomic E-state index is 13.2. The molecule has 4 rings (SSSR count). The van der Waals surface area contributed by atoms with Crippen molar-refractivity contribution >= 4 is 17.9 Å². The van der Waals surface area contributed by atoms with Gasteiger partial charge in [-0.1, -0.05) is 77.9 Å². The van der Waals surface area contributed by atoms with Crippen LogP contribution in [0.3, 0.4) is 0 Å². The lowest BCUT2D eigenvalue weighted by Gasteiger charge is -2.21. The Morgan fingerprint density at radius 2 is 1.37 bits per heavy atom. The molecule has 0 fully saturated rings. The number of ether oxygens (including phenoxy) is 3. The fraction of sp³-hybridized carbons (Fsp3) is 0.194. The van der Waals surface area contributed by atoms with Crippen LogP contribution in [0.25, 0.3) is 11.1 Å². The van der Waals surface area contributed by atoms with Crippen molar-refractivity contribution in [3.8, 4) is 11.1 Å². The molecule has 0 N–H and O–H groups in total. The fourth-order valence-corrected chi connectivity index (χ4v) is 4.21. The molecule has 7 nitrogen and oxygen atoms in total. The summed E-state index contributed by atoms with van der Waals surface area (Å²) in [5, 5.41) is 0. The smallest absolute Gasteiger partial charge is 0.354 e. The lowest BCUT2D eigenvalue weighted by Crippen LogP contribution is -2.26. The predicted octanol–water partition coefficient (Wildman–Crippen LogP) is 5.68. The number of aromatic nitrogens is 1. The molecule has 0 aliphatic rings. The van der Waals surface area contributed by atoms with Gasteiger partial charge in [-0.3, -0.25) is 0 Å². The van der Waals surface area contributed by atoms with Crippen molar-refractivity contribution in [2.75, 3.05) is 14.2 Å². The van der Waals surface area contributed by atoms with Gasteiger partial charge in [-0.15, -0.1) is 0 Å². The molecule has 1 aromatic heterocycles. The number of hydrogen-bond donors (Lipinski definition) is 0. The molecule has 0 bridgehead atoms. The first-order valence-electron chi connectivity index (χ1n) is 12.1. The second-order valence-corrected chi connectivity index (χ2v) is 8.93. The highest BCUT2D eigenvalue weighted by molar-refractivity contribution is 5.94. The minimum Gasteiger partial charge on any atom is -0.466 e. The molecule has 0 amide bonds. The fourth-order valence-electron chi connectivity index (χ4n) is 4.21. The number of esters is 3. The van der Waals surface area contributed by atoms with Gasteiger partial charge in [-0.25, -0.2) is 14.4 Å². The molecule has 1 heterocycles. The van der Waals surface area contributed by atoms with Gasteiger partial charge in [0.25, 0.3) is 0 Å². The summed E-state index contributed by atoms with van der Waals surface area (Å²) in [6.45, 7) is 4.10. The highest BCUT2D eigenvalue weighted by Crippen LogP contribution is 2.36. The third kappa shape index (κ3) is 5.67. The van der Waals surface area contributed by atoms with E-state index in [4.69, 9.17) is 14.2 Å². The third-order valence-corrected chi connectivity index (χ3v) is 6.25. The summed E-state index contributed by atoms with van der Waals surface area (Å²) in [7, 11) is 2.52. The van der Waals surface area contributed by atoms with Gasteiger partial charge in [-0.05, 0) is 43.2 Å². The van der Waals surface area contributed by atoms with Crippen LogP contribution in [0, 0.1) is 13.8 Å². The van der Waals surface area contributed by atoms with Gasteiger partial charge in [0.2, 0.25) is 6.10 Å². The minimum absolute atomic E-state index is 0.210. The van der Waals surface area contributed by atoms with Crippen LogP contribution in [0.5, 0.6) is 0 Å². The first kappa shape index (κ1) is 26.4. The van der Waals surface area contributed by atoms with Crippen molar-refractivity contribution in [3.63, 3.8) is 0 Å². The van der Waals surface area contributed by atoms with Gasteiger partial charge in [0.05, 0.1) is 25.5 Å². The number of rotatable bonds is 8. The Kier molecular flexibility index (Phi) is 8.06. The van der Waals surface area contributed by atoms with Crippen LogP contribution in [0.4, 0.5) is 0 Å². The van der Waals surface area contributed by atoms with Crippen LogP contribution >= 0.6 is 0 Å². The quantitative estimate of drug-likeness (QED) is 0.224. The van der Waals surface area contributed by atoms with E-state index in [9.17, 15) is 14.4 Å². The van der Waals surface area contributed by atoms with Crippen LogP contribution in [-0.4, -0.2) is 36.7 Å². The summed E-state index contributed by atoms with van der Waals surface area (Å²) < 4.78 is 17.6. The molecule has 0 spiro atoms. The van der Waals surface area contributed by atoms with Gasteiger partial charge in [0, 0.05) is 12.1 Å². The number of methoxy groups -OCH3 is 2. The van der Waals surface area contributed by atoms with Crippen LogP contribution in [0.15, 0.2) is 84.9 Å². The van der Waals surface area contributed by atoms with Crippen molar-refractivity contribution in [2.24, 2.45) is 0 Å². The minimum atomic E-state index is -1.45. The predicted molar refractivity (Wildman–Crippen MR) is 143 cm³/mol. The van der Waals surface area contributed by atoms with E-state index in [2.05, 4.69) is 0 Å². The summed E-state index contributed by atoms with van der Waals surface area (Å²) in [6, 6.07) is 25.6. The van der Waals surface area contributed by atoms with E-state index in [1.54, 1.807) is 34.9 Å². The SMILES string of the molecule is COC(=O)c1cc(-c2ccc(C)cc2)c(C(OC(=O)c2ccc(C)cc2)C(=O)OC)n1Cc1ccccc1. The lowest BCUT2D eigenvalue weighted by molar-refractivity contribution is -0.151. The van der Waals surface area contributed by atoms with E-state index in [-0.39, 0.29) is 17.8 Å². The van der Waals surface area contributed by atoms with Crippen molar-refractivity contribution in [1.29, 1.82) is 0 Å². The molecular weight excluding hydrogens is 482 g/mol. The largest absolute Gasteiger partial charge is 0.466 e. The molecule has 3 aromatic carbocycles. The molecule has 1 atom stereocenters. The highest BCUT2D eigenvalue weighted by Gasteiger charge is 2.35. The molecular formula is C31H29NO6. The van der Waals surface area contributed by atoms with E-state index in [0.717, 1.165) is 22.3 Å². The zero-order valence-corrected chi connectivity index (χ0v) is 21.8. The van der Waals surface area contributed by atoms with Gasteiger partial charge in [0.15, 0.2) is 0 Å². The number of carbonyl (C=O) groups excluding carboxylic acids is 3. The lowest BCUT2D eigenvalue weighted by atomic mass is 10.0. The van der Waals surface area contributed by atoms with Crippen molar-refractivity contribution in [3.05, 3.63) is 119 Å². The second kappa shape index (κ2) is 11.6. The highest BCUT2D eigenvalue weighted by atomic mass is 16.6. The van der Waals surface area contributed by atoms with Gasteiger partial charge < -0.3 is 18.8 Å². The molecule has 0 radical (unpaired) electrons. The third-order valence-electron chi connectivity index (χ3n) is 6.25. The van der Waals surface area contributed by atoms with E-state index >= 15 is 0 Å². The Hall–Kier alpha value is -4.65. The van der Waals surface area contributed by atoms with Crippen LogP contribution in [0.2, 0.25) is 0 Å².